The number of alkyl halides is 1. The minimum atomic E-state index is -2.47. The number of fused-ring (bicyclic) bond motifs is 2. The average molecular weight is 363 g/mol. The van der Waals surface area contributed by atoms with Gasteiger partial charge in [-0.15, -0.1) is 0 Å². The van der Waals surface area contributed by atoms with Crippen LogP contribution in [0.2, 0.25) is 0 Å². The van der Waals surface area contributed by atoms with Crippen LogP contribution in [-0.2, 0) is 25.8 Å². The largest absolute Gasteiger partial charge is 0.457 e. The third-order valence-corrected chi connectivity index (χ3v) is 4.20. The van der Waals surface area contributed by atoms with Crippen molar-refractivity contribution in [3.05, 3.63) is 47.5 Å². The minimum Gasteiger partial charge on any atom is -0.457 e. The number of urea groups is 1. The molecule has 0 radical (unpaired) electrons. The fourth-order valence-electron chi connectivity index (χ4n) is 3.04. The van der Waals surface area contributed by atoms with Crippen LogP contribution in [0.1, 0.15) is 12.5 Å². The first-order valence-corrected chi connectivity index (χ1v) is 7.97. The highest BCUT2D eigenvalue weighted by Crippen LogP contribution is 2.30. The second-order valence-corrected chi connectivity index (χ2v) is 6.06. The van der Waals surface area contributed by atoms with Crippen molar-refractivity contribution >= 4 is 17.9 Å². The number of benzene rings is 1. The molecule has 9 heteroatoms. The SMILES string of the molecule is CC1=C[C@@H]2CN(C(=O)N2O[C@H](F)C(=O)OCc2ccccc2)[C@@H]1C(N)=O. The number of nitrogens with zero attached hydrogens (tertiary/aromatic N) is 2. The van der Waals surface area contributed by atoms with Crippen molar-refractivity contribution in [3.63, 3.8) is 0 Å². The van der Waals surface area contributed by atoms with E-state index in [0.29, 0.717) is 11.1 Å². The maximum absolute atomic E-state index is 14.1. The summed E-state index contributed by atoms with van der Waals surface area (Å²) >= 11 is 0. The van der Waals surface area contributed by atoms with Crippen molar-refractivity contribution in [3.8, 4) is 0 Å². The number of esters is 1. The van der Waals surface area contributed by atoms with E-state index in [4.69, 9.17) is 15.3 Å². The summed E-state index contributed by atoms with van der Waals surface area (Å²) in [5, 5.41) is 0.737. The lowest BCUT2D eigenvalue weighted by Crippen LogP contribution is -2.48. The molecule has 0 saturated carbocycles. The molecule has 1 saturated heterocycles. The van der Waals surface area contributed by atoms with E-state index in [2.05, 4.69) is 0 Å². The number of hydrogen-bond donors (Lipinski definition) is 1. The van der Waals surface area contributed by atoms with Crippen LogP contribution in [0.25, 0.3) is 0 Å². The molecule has 0 spiro atoms. The fraction of sp³-hybridized carbons (Fsp3) is 0.353. The normalized spacial score (nSPS) is 22.8. The lowest BCUT2D eigenvalue weighted by atomic mass is 10.0. The summed E-state index contributed by atoms with van der Waals surface area (Å²) in [6.45, 7) is 1.65. The van der Waals surface area contributed by atoms with Crippen LogP contribution in [0.3, 0.4) is 0 Å². The van der Waals surface area contributed by atoms with Gasteiger partial charge in [0.2, 0.25) is 5.91 Å². The molecule has 8 nitrogen and oxygen atoms in total. The molecule has 2 N–H and O–H groups in total. The maximum atomic E-state index is 14.1. The highest BCUT2D eigenvalue weighted by atomic mass is 19.1. The molecule has 2 bridgehead atoms. The number of amides is 3. The van der Waals surface area contributed by atoms with Gasteiger partial charge in [0.15, 0.2) is 0 Å². The highest BCUT2D eigenvalue weighted by Gasteiger charge is 2.48. The number of ether oxygens (including phenoxy) is 1. The van der Waals surface area contributed by atoms with Gasteiger partial charge in [-0.25, -0.2) is 18.8 Å². The van der Waals surface area contributed by atoms with Gasteiger partial charge in [0.05, 0.1) is 12.6 Å². The van der Waals surface area contributed by atoms with Crippen LogP contribution in [0.15, 0.2) is 42.0 Å². The molecular weight excluding hydrogens is 345 g/mol. The smallest absolute Gasteiger partial charge is 0.371 e. The lowest BCUT2D eigenvalue weighted by Gasteiger charge is -2.27. The monoisotopic (exact) mass is 363 g/mol. The summed E-state index contributed by atoms with van der Waals surface area (Å²) < 4.78 is 19.0. The van der Waals surface area contributed by atoms with E-state index in [1.807, 2.05) is 0 Å². The number of halogens is 1. The number of hydroxylamine groups is 2. The van der Waals surface area contributed by atoms with Gasteiger partial charge >= 0.3 is 18.4 Å². The Hall–Kier alpha value is -2.94. The van der Waals surface area contributed by atoms with E-state index in [0.717, 1.165) is 5.06 Å². The lowest BCUT2D eigenvalue weighted by molar-refractivity contribution is -0.224. The van der Waals surface area contributed by atoms with Crippen LogP contribution >= 0.6 is 0 Å². The third-order valence-electron chi connectivity index (χ3n) is 4.20. The summed E-state index contributed by atoms with van der Waals surface area (Å²) in [7, 11) is 0. The Bertz CT molecular complexity index is 754. The standard InChI is InChI=1S/C17H18FN3O5/c1-10-7-12-8-20(13(10)15(19)22)17(24)21(12)26-14(18)16(23)25-9-11-5-3-2-4-6-11/h2-7,12-14H,8-9H2,1H3,(H2,19,22)/t12-,13+,14+/m1/s1. The van der Waals surface area contributed by atoms with Gasteiger partial charge in [0.25, 0.3) is 0 Å². The minimum absolute atomic E-state index is 0.115. The van der Waals surface area contributed by atoms with Crippen LogP contribution in [0, 0.1) is 0 Å². The second kappa shape index (κ2) is 7.12. The van der Waals surface area contributed by atoms with E-state index >= 15 is 0 Å². The molecule has 2 heterocycles. The van der Waals surface area contributed by atoms with Crippen molar-refractivity contribution in [1.82, 2.24) is 9.96 Å². The van der Waals surface area contributed by atoms with E-state index < -0.39 is 36.3 Å². The van der Waals surface area contributed by atoms with Crippen LogP contribution < -0.4 is 5.73 Å². The predicted molar refractivity (Wildman–Crippen MR) is 86.7 cm³/mol. The third kappa shape index (κ3) is 3.38. The zero-order valence-corrected chi connectivity index (χ0v) is 14.0. The summed E-state index contributed by atoms with van der Waals surface area (Å²) in [5.74, 6) is -1.93. The average Bonchev–Trinajstić information content (AvgIpc) is 2.85. The van der Waals surface area contributed by atoms with Gasteiger partial charge in [-0.1, -0.05) is 36.4 Å². The Morgan fingerprint density at radius 3 is 2.69 bits per heavy atom. The number of nitrogens with two attached hydrogens (primary N) is 1. The van der Waals surface area contributed by atoms with Gasteiger partial charge in [0.1, 0.15) is 12.6 Å². The Morgan fingerprint density at radius 2 is 2.04 bits per heavy atom. The Morgan fingerprint density at radius 1 is 1.35 bits per heavy atom. The van der Waals surface area contributed by atoms with Crippen molar-refractivity contribution in [1.29, 1.82) is 0 Å². The Labute approximate surface area is 148 Å². The summed E-state index contributed by atoms with van der Waals surface area (Å²) in [5.41, 5.74) is 6.57. The molecular formula is C17H18FN3O5. The molecule has 0 aliphatic carbocycles. The van der Waals surface area contributed by atoms with Gasteiger partial charge in [-0.05, 0) is 18.1 Å². The summed E-state index contributed by atoms with van der Waals surface area (Å²) in [6.07, 6.45) is -0.872. The van der Waals surface area contributed by atoms with Crippen molar-refractivity contribution in [2.75, 3.05) is 6.54 Å². The molecule has 3 amide bonds. The first-order chi connectivity index (χ1) is 12.4. The molecule has 1 aromatic rings. The molecule has 1 fully saturated rings. The highest BCUT2D eigenvalue weighted by molar-refractivity contribution is 5.90. The van der Waals surface area contributed by atoms with Gasteiger partial charge in [0, 0.05) is 0 Å². The van der Waals surface area contributed by atoms with Crippen molar-refractivity contribution in [2.24, 2.45) is 5.73 Å². The number of carbonyl (C=O) groups is 3. The second-order valence-electron chi connectivity index (χ2n) is 6.06. The van der Waals surface area contributed by atoms with Crippen LogP contribution in [-0.4, -0.2) is 52.9 Å². The van der Waals surface area contributed by atoms with Gasteiger partial charge < -0.3 is 15.4 Å². The zero-order valence-electron chi connectivity index (χ0n) is 14.0. The van der Waals surface area contributed by atoms with Gasteiger partial charge in [-0.2, -0.15) is 5.06 Å². The summed E-state index contributed by atoms with van der Waals surface area (Å²) in [6, 6.07) is 6.51. The van der Waals surface area contributed by atoms with E-state index in [9.17, 15) is 18.8 Å². The molecule has 0 unspecified atom stereocenters. The van der Waals surface area contributed by atoms with Crippen molar-refractivity contribution < 1.29 is 28.3 Å². The quantitative estimate of drug-likeness (QED) is 0.597. The molecule has 2 aliphatic rings. The Kier molecular flexibility index (Phi) is 4.90. The van der Waals surface area contributed by atoms with Crippen LogP contribution in [0.5, 0.6) is 0 Å². The number of hydrogen-bond acceptors (Lipinski definition) is 5. The maximum Gasteiger partial charge on any atom is 0.371 e. The molecule has 3 rings (SSSR count). The topological polar surface area (TPSA) is 102 Å². The van der Waals surface area contributed by atoms with E-state index in [-0.39, 0.29) is 13.2 Å². The Balaban J connectivity index is 1.61. The molecule has 0 aromatic heterocycles. The molecule has 2 aliphatic heterocycles. The zero-order chi connectivity index (χ0) is 18.8. The number of primary amides is 1. The molecule has 26 heavy (non-hydrogen) atoms. The van der Waals surface area contributed by atoms with Gasteiger partial charge in [-0.3, -0.25) is 4.79 Å². The molecule has 1 aromatic carbocycles. The van der Waals surface area contributed by atoms with Crippen molar-refractivity contribution in [2.45, 2.75) is 32.0 Å². The predicted octanol–water partition coefficient (Wildman–Crippen LogP) is 0.877. The first-order valence-electron chi connectivity index (χ1n) is 7.97. The fourth-order valence-corrected chi connectivity index (χ4v) is 3.04. The van der Waals surface area contributed by atoms with E-state index in [1.54, 1.807) is 43.3 Å². The van der Waals surface area contributed by atoms with E-state index in [1.165, 1.54) is 4.90 Å². The molecule has 3 atom stereocenters. The van der Waals surface area contributed by atoms with Crippen LogP contribution in [0.4, 0.5) is 9.18 Å². The molecule has 138 valence electrons. The summed E-state index contributed by atoms with van der Waals surface area (Å²) in [4.78, 5) is 41.7. The number of rotatable bonds is 6. The first kappa shape index (κ1) is 17.9. The number of carbonyl (C=O) groups excluding carboxylic acids is 3.